The molecule has 1 atom stereocenters. The minimum absolute atomic E-state index is 0.0761. The van der Waals surface area contributed by atoms with Gasteiger partial charge in [0.1, 0.15) is 17.5 Å². The second-order valence-electron chi connectivity index (χ2n) is 11.4. The third kappa shape index (κ3) is 4.74. The Bertz CT molecular complexity index is 1700. The molecule has 11 nitrogen and oxygen atoms in total. The van der Waals surface area contributed by atoms with E-state index >= 15 is 0 Å². The first-order chi connectivity index (χ1) is 19.8. The Morgan fingerprint density at radius 2 is 1.93 bits per heavy atom. The Morgan fingerprint density at radius 1 is 1.17 bits per heavy atom. The lowest BCUT2D eigenvalue weighted by Gasteiger charge is -2.37. The molecule has 3 aromatic heterocycles. The van der Waals surface area contributed by atoms with Crippen LogP contribution in [0.15, 0.2) is 47.4 Å². The number of amides is 2. The molecule has 42 heavy (non-hydrogen) atoms. The third-order valence-corrected chi connectivity index (χ3v) is 7.76. The van der Waals surface area contributed by atoms with Crippen LogP contribution in [0.3, 0.4) is 0 Å². The van der Waals surface area contributed by atoms with Crippen LogP contribution in [0.2, 0.25) is 0 Å². The summed E-state index contributed by atoms with van der Waals surface area (Å²) in [6.07, 6.45) is -1.20. The molecule has 0 bridgehead atoms. The summed E-state index contributed by atoms with van der Waals surface area (Å²) in [7, 11) is 0. The van der Waals surface area contributed by atoms with Crippen LogP contribution in [0.4, 0.5) is 23.8 Å². The molecule has 1 aromatic carbocycles. The summed E-state index contributed by atoms with van der Waals surface area (Å²) in [5.74, 6) is 0.256. The van der Waals surface area contributed by atoms with Crippen molar-refractivity contribution in [3.63, 3.8) is 0 Å². The molecular weight excluding hydrogens is 555 g/mol. The zero-order chi connectivity index (χ0) is 30.0. The molecule has 1 aliphatic carbocycles. The maximum absolute atomic E-state index is 13.4. The molecule has 1 unspecified atom stereocenters. The van der Waals surface area contributed by atoms with E-state index in [4.69, 9.17) is 15.0 Å². The summed E-state index contributed by atoms with van der Waals surface area (Å²) in [6.45, 7) is 5.56. The predicted molar refractivity (Wildman–Crippen MR) is 144 cm³/mol. The fraction of sp³-hybridized carbons (Fsp3) is 0.393. The first kappa shape index (κ1) is 27.7. The van der Waals surface area contributed by atoms with Crippen LogP contribution in [0.25, 0.3) is 10.9 Å². The van der Waals surface area contributed by atoms with Gasteiger partial charge in [-0.05, 0) is 64.3 Å². The molecule has 0 radical (unpaired) electrons. The van der Waals surface area contributed by atoms with Crippen molar-refractivity contribution in [1.29, 1.82) is 0 Å². The third-order valence-electron chi connectivity index (χ3n) is 7.76. The number of nitrogens with zero attached hydrogens (tertiary/aromatic N) is 5. The van der Waals surface area contributed by atoms with Gasteiger partial charge in [0, 0.05) is 29.3 Å². The lowest BCUT2D eigenvalue weighted by atomic mass is 9.96. The SMILES string of the molecule is CC1Cc2c(ncnc2Oc2ccc3c(ccn3C(=O)Nc3cc(C4(C(F)(F)F)CC4)on3)c2)CN1C(=O)C(C)(C)N. The van der Waals surface area contributed by atoms with Crippen LogP contribution in [0.5, 0.6) is 11.6 Å². The summed E-state index contributed by atoms with van der Waals surface area (Å²) in [5.41, 5.74) is 5.02. The molecule has 2 aliphatic rings. The summed E-state index contributed by atoms with van der Waals surface area (Å²) in [4.78, 5) is 36.1. The fourth-order valence-electron chi connectivity index (χ4n) is 5.22. The van der Waals surface area contributed by atoms with E-state index in [0.717, 1.165) is 11.6 Å². The Labute approximate surface area is 237 Å². The highest BCUT2D eigenvalue weighted by Gasteiger charge is 2.67. The Morgan fingerprint density at radius 3 is 2.62 bits per heavy atom. The smallest absolute Gasteiger partial charge is 0.401 e. The van der Waals surface area contributed by atoms with Crippen LogP contribution >= 0.6 is 0 Å². The summed E-state index contributed by atoms with van der Waals surface area (Å²) >= 11 is 0. The molecule has 6 rings (SSSR count). The van der Waals surface area contributed by atoms with Crippen molar-refractivity contribution >= 4 is 28.7 Å². The normalized spacial score (nSPS) is 18.1. The highest BCUT2D eigenvalue weighted by Crippen LogP contribution is 2.59. The second-order valence-corrected chi connectivity index (χ2v) is 11.4. The number of halogens is 3. The number of hydrogen-bond acceptors (Lipinski definition) is 8. The number of hydrogen-bond donors (Lipinski definition) is 2. The zero-order valence-electron chi connectivity index (χ0n) is 23.0. The van der Waals surface area contributed by atoms with Gasteiger partial charge in [-0.3, -0.25) is 14.7 Å². The van der Waals surface area contributed by atoms with Gasteiger partial charge in [0.2, 0.25) is 11.8 Å². The molecule has 14 heteroatoms. The van der Waals surface area contributed by atoms with Crippen molar-refractivity contribution in [1.82, 2.24) is 24.6 Å². The van der Waals surface area contributed by atoms with E-state index in [0.29, 0.717) is 34.6 Å². The van der Waals surface area contributed by atoms with Gasteiger partial charge in [-0.2, -0.15) is 13.2 Å². The van der Waals surface area contributed by atoms with Gasteiger partial charge in [-0.1, -0.05) is 5.16 Å². The lowest BCUT2D eigenvalue weighted by molar-refractivity contribution is -0.165. The van der Waals surface area contributed by atoms with Gasteiger partial charge in [-0.15, -0.1) is 0 Å². The molecule has 1 aliphatic heterocycles. The van der Waals surface area contributed by atoms with Crippen molar-refractivity contribution in [3.8, 4) is 11.6 Å². The molecule has 1 fully saturated rings. The van der Waals surface area contributed by atoms with Gasteiger partial charge >= 0.3 is 12.2 Å². The second kappa shape index (κ2) is 9.54. The molecule has 1 saturated carbocycles. The molecular formula is C28H28F3N7O4. The quantitative estimate of drug-likeness (QED) is 0.338. The van der Waals surface area contributed by atoms with Crippen molar-refractivity contribution in [2.24, 2.45) is 5.73 Å². The van der Waals surface area contributed by atoms with E-state index in [1.54, 1.807) is 43.0 Å². The van der Waals surface area contributed by atoms with E-state index in [1.165, 1.54) is 17.1 Å². The molecule has 220 valence electrons. The average Bonchev–Trinajstić information content (AvgIpc) is 3.44. The van der Waals surface area contributed by atoms with Crippen molar-refractivity contribution < 1.29 is 32.0 Å². The Balaban J connectivity index is 1.18. The maximum Gasteiger partial charge on any atom is 0.401 e. The van der Waals surface area contributed by atoms with E-state index in [9.17, 15) is 22.8 Å². The highest BCUT2D eigenvalue weighted by atomic mass is 19.4. The molecule has 0 spiro atoms. The summed E-state index contributed by atoms with van der Waals surface area (Å²) < 4.78 is 52.5. The first-order valence-electron chi connectivity index (χ1n) is 13.3. The number of ether oxygens (including phenoxy) is 1. The Kier molecular flexibility index (Phi) is 6.29. The first-order valence-corrected chi connectivity index (χ1v) is 13.3. The van der Waals surface area contributed by atoms with Gasteiger partial charge < -0.3 is 19.9 Å². The van der Waals surface area contributed by atoms with Gasteiger partial charge in [0.05, 0.1) is 23.3 Å². The number of nitrogens with one attached hydrogen (secondary N) is 1. The van der Waals surface area contributed by atoms with Crippen molar-refractivity contribution in [2.75, 3.05) is 5.32 Å². The van der Waals surface area contributed by atoms with Crippen LogP contribution in [-0.2, 0) is 23.2 Å². The molecule has 0 saturated heterocycles. The number of fused-ring (bicyclic) bond motifs is 2. The van der Waals surface area contributed by atoms with Gasteiger partial charge in [0.15, 0.2) is 11.6 Å². The molecule has 4 heterocycles. The van der Waals surface area contributed by atoms with E-state index in [1.807, 2.05) is 6.92 Å². The standard InChI is InChI=1S/C28H28F3N7O4/c1-15-10-18-19(13-38(15)24(39)26(2,3)32)33-14-34-23(18)41-17-4-5-20-16(11-17)6-9-37(20)25(40)35-22-12-21(42-36-22)27(7-8-27)28(29,30)31/h4-6,9,11-12,14-15H,7-8,10,13,32H2,1-3H3,(H,35,36,40). The number of nitrogens with two attached hydrogens (primary N) is 1. The van der Waals surface area contributed by atoms with Gasteiger partial charge in [0.25, 0.3) is 0 Å². The van der Waals surface area contributed by atoms with E-state index in [2.05, 4.69) is 20.4 Å². The maximum atomic E-state index is 13.4. The number of alkyl halides is 3. The predicted octanol–water partition coefficient (Wildman–Crippen LogP) is 4.90. The van der Waals surface area contributed by atoms with Crippen LogP contribution in [0.1, 0.15) is 50.6 Å². The van der Waals surface area contributed by atoms with E-state index < -0.39 is 23.2 Å². The lowest BCUT2D eigenvalue weighted by Crippen LogP contribution is -2.55. The number of carbonyl (C=O) groups excluding carboxylic acids is 2. The van der Waals surface area contributed by atoms with Crippen LogP contribution < -0.4 is 15.8 Å². The molecule has 4 aromatic rings. The fourth-order valence-corrected chi connectivity index (χ4v) is 5.22. The van der Waals surface area contributed by atoms with Gasteiger partial charge in [-0.25, -0.2) is 14.8 Å². The average molecular weight is 584 g/mol. The number of benzene rings is 1. The topological polar surface area (TPSA) is 141 Å². The molecule has 2 amide bonds. The summed E-state index contributed by atoms with van der Waals surface area (Å²) in [6, 6.07) is 7.16. The number of carbonyl (C=O) groups is 2. The summed E-state index contributed by atoms with van der Waals surface area (Å²) in [5, 5.41) is 6.78. The minimum Gasteiger partial charge on any atom is -0.439 e. The largest absolute Gasteiger partial charge is 0.439 e. The van der Waals surface area contributed by atoms with Crippen LogP contribution in [0, 0.1) is 0 Å². The monoisotopic (exact) mass is 583 g/mol. The van der Waals surface area contributed by atoms with E-state index in [-0.39, 0.29) is 42.9 Å². The van der Waals surface area contributed by atoms with Crippen molar-refractivity contribution in [3.05, 3.63) is 59.9 Å². The molecule has 3 N–H and O–H groups in total. The Hall–Kier alpha value is -4.46. The van der Waals surface area contributed by atoms with Crippen molar-refractivity contribution in [2.45, 2.75) is 69.8 Å². The minimum atomic E-state index is -4.45. The zero-order valence-corrected chi connectivity index (χ0v) is 23.0. The van der Waals surface area contributed by atoms with Crippen LogP contribution in [-0.4, -0.2) is 54.3 Å². The number of rotatable bonds is 5. The number of anilines is 1. The number of aromatic nitrogens is 4. The highest BCUT2D eigenvalue weighted by molar-refractivity contribution is 5.98.